The Balaban J connectivity index is 1.96. The first-order valence-electron chi connectivity index (χ1n) is 8.96. The lowest BCUT2D eigenvalue weighted by molar-refractivity contribution is 0.307. The van der Waals surface area contributed by atoms with Crippen LogP contribution in [0.15, 0.2) is 4.79 Å². The molecule has 0 unspecified atom stereocenters. The molecule has 5 nitrogen and oxygen atoms in total. The summed E-state index contributed by atoms with van der Waals surface area (Å²) in [4.78, 5) is 18.0. The first-order chi connectivity index (χ1) is 11.5. The molecular weight excluding hydrogens is 300 g/mol. The lowest BCUT2D eigenvalue weighted by atomic mass is 10.1. The van der Waals surface area contributed by atoms with Gasteiger partial charge in [-0.25, -0.2) is 0 Å². The fourth-order valence-corrected chi connectivity index (χ4v) is 3.38. The van der Waals surface area contributed by atoms with Gasteiger partial charge in [-0.1, -0.05) is 13.8 Å². The average Bonchev–Trinajstić information content (AvgIpc) is 3.30. The normalized spacial score (nSPS) is 14.9. The Morgan fingerprint density at radius 1 is 1.12 bits per heavy atom. The Kier molecular flexibility index (Phi) is 4.81. The Bertz CT molecular complexity index is 887. The van der Waals surface area contributed by atoms with Crippen LogP contribution in [0, 0.1) is 13.8 Å². The largest absolute Gasteiger partial charge is 0.359 e. The SMILES string of the molecule is CCN(CC)CCc1c(C)[nH]c(/C=c2\c(=O)[nH][nH]c2=C2CC2)c1C. The highest BCUT2D eigenvalue weighted by molar-refractivity contribution is 5.59. The van der Waals surface area contributed by atoms with Gasteiger partial charge in [0.2, 0.25) is 0 Å². The van der Waals surface area contributed by atoms with E-state index in [4.69, 9.17) is 0 Å². The fourth-order valence-electron chi connectivity index (χ4n) is 3.38. The molecule has 0 aromatic carbocycles. The molecule has 130 valence electrons. The third kappa shape index (κ3) is 3.26. The van der Waals surface area contributed by atoms with Crippen molar-refractivity contribution in [3.05, 3.63) is 43.4 Å². The van der Waals surface area contributed by atoms with Crippen LogP contribution in [0.2, 0.25) is 0 Å². The van der Waals surface area contributed by atoms with Crippen molar-refractivity contribution in [2.24, 2.45) is 0 Å². The zero-order valence-corrected chi connectivity index (χ0v) is 15.2. The van der Waals surface area contributed by atoms with Gasteiger partial charge in [-0.15, -0.1) is 0 Å². The molecule has 0 atom stereocenters. The number of likely N-dealkylation sites (N-methyl/N-ethyl adjacent to an activating group) is 1. The number of H-pyrrole nitrogens is 3. The van der Waals surface area contributed by atoms with E-state index >= 15 is 0 Å². The van der Waals surface area contributed by atoms with Gasteiger partial charge in [0, 0.05) is 17.9 Å². The van der Waals surface area contributed by atoms with E-state index in [1.165, 1.54) is 22.4 Å². The van der Waals surface area contributed by atoms with E-state index < -0.39 is 0 Å². The standard InChI is InChI=1S/C19H28N4O/c1-5-23(6-2)10-9-15-12(3)17(20-13(15)4)11-16-18(14-7-8-14)21-22-19(16)24/h11,20-21H,5-10H2,1-4H3,(H,22,24)/b16-11-. The second-order valence-electron chi connectivity index (χ2n) is 6.66. The van der Waals surface area contributed by atoms with Gasteiger partial charge < -0.3 is 9.88 Å². The van der Waals surface area contributed by atoms with Crippen LogP contribution in [0.25, 0.3) is 11.6 Å². The molecule has 3 N–H and O–H groups in total. The predicted octanol–water partition coefficient (Wildman–Crippen LogP) is 1.31. The first kappa shape index (κ1) is 16.8. The van der Waals surface area contributed by atoms with Gasteiger partial charge in [-0.3, -0.25) is 15.0 Å². The second-order valence-corrected chi connectivity index (χ2v) is 6.66. The van der Waals surface area contributed by atoms with Crippen molar-refractivity contribution in [1.82, 2.24) is 20.1 Å². The summed E-state index contributed by atoms with van der Waals surface area (Å²) in [6, 6.07) is 0. The van der Waals surface area contributed by atoms with Crippen LogP contribution in [0.3, 0.4) is 0 Å². The van der Waals surface area contributed by atoms with Crippen molar-refractivity contribution in [3.8, 4) is 0 Å². The monoisotopic (exact) mass is 328 g/mol. The third-order valence-electron chi connectivity index (χ3n) is 5.16. The van der Waals surface area contributed by atoms with Gasteiger partial charge in [0.15, 0.2) is 0 Å². The molecule has 1 aliphatic rings. The zero-order valence-electron chi connectivity index (χ0n) is 15.2. The third-order valence-corrected chi connectivity index (χ3v) is 5.16. The van der Waals surface area contributed by atoms with E-state index in [9.17, 15) is 4.79 Å². The highest BCUT2D eigenvalue weighted by atomic mass is 16.1. The predicted molar refractivity (Wildman–Crippen MR) is 98.6 cm³/mol. The number of hydrogen-bond donors (Lipinski definition) is 3. The van der Waals surface area contributed by atoms with Crippen LogP contribution in [0.4, 0.5) is 0 Å². The second kappa shape index (κ2) is 6.85. The molecule has 24 heavy (non-hydrogen) atoms. The minimum absolute atomic E-state index is 0.0410. The summed E-state index contributed by atoms with van der Waals surface area (Å²) in [5.41, 5.74) is 6.18. The van der Waals surface area contributed by atoms with Crippen LogP contribution in [0.5, 0.6) is 0 Å². The molecule has 0 spiro atoms. The molecule has 1 fully saturated rings. The maximum atomic E-state index is 12.1. The summed E-state index contributed by atoms with van der Waals surface area (Å²) in [6.45, 7) is 11.9. The minimum atomic E-state index is -0.0410. The summed E-state index contributed by atoms with van der Waals surface area (Å²) in [5.74, 6) is 0. The number of aryl methyl sites for hydroxylation is 1. The molecule has 0 aliphatic heterocycles. The quantitative estimate of drug-likeness (QED) is 0.748. The van der Waals surface area contributed by atoms with Crippen molar-refractivity contribution in [2.75, 3.05) is 19.6 Å². The molecule has 0 saturated heterocycles. The van der Waals surface area contributed by atoms with E-state index in [0.717, 1.165) is 55.2 Å². The summed E-state index contributed by atoms with van der Waals surface area (Å²) in [6.07, 6.45) is 5.22. The van der Waals surface area contributed by atoms with Crippen molar-refractivity contribution in [3.63, 3.8) is 0 Å². The molecule has 2 heterocycles. The Hall–Kier alpha value is -2.01. The maximum Gasteiger partial charge on any atom is 0.271 e. The molecule has 1 saturated carbocycles. The van der Waals surface area contributed by atoms with Crippen molar-refractivity contribution in [1.29, 1.82) is 0 Å². The Morgan fingerprint density at radius 2 is 1.83 bits per heavy atom. The van der Waals surface area contributed by atoms with Gasteiger partial charge in [0.1, 0.15) is 0 Å². The van der Waals surface area contributed by atoms with Crippen LogP contribution >= 0.6 is 0 Å². The van der Waals surface area contributed by atoms with E-state index in [2.05, 4.69) is 47.8 Å². The fraction of sp³-hybridized carbons (Fsp3) is 0.526. The lowest BCUT2D eigenvalue weighted by Crippen LogP contribution is -2.33. The molecule has 0 bridgehead atoms. The van der Waals surface area contributed by atoms with Gasteiger partial charge >= 0.3 is 0 Å². The van der Waals surface area contributed by atoms with E-state index in [1.54, 1.807) is 0 Å². The van der Waals surface area contributed by atoms with Crippen molar-refractivity contribution < 1.29 is 0 Å². The highest BCUT2D eigenvalue weighted by Gasteiger charge is 2.16. The van der Waals surface area contributed by atoms with E-state index in [0.29, 0.717) is 0 Å². The number of nitrogens with one attached hydrogen (secondary N) is 3. The van der Waals surface area contributed by atoms with Gasteiger partial charge in [-0.2, -0.15) is 0 Å². The van der Waals surface area contributed by atoms with Crippen LogP contribution in [-0.4, -0.2) is 39.7 Å². The Morgan fingerprint density at radius 3 is 2.46 bits per heavy atom. The molecule has 2 aromatic rings. The Labute approximate surface area is 142 Å². The number of aromatic nitrogens is 3. The van der Waals surface area contributed by atoms with Crippen LogP contribution in [0.1, 0.15) is 49.2 Å². The molecule has 2 aromatic heterocycles. The highest BCUT2D eigenvalue weighted by Crippen LogP contribution is 2.26. The van der Waals surface area contributed by atoms with Crippen molar-refractivity contribution in [2.45, 2.75) is 47.0 Å². The number of rotatable bonds is 6. The first-order valence-corrected chi connectivity index (χ1v) is 8.96. The van der Waals surface area contributed by atoms with E-state index in [1.807, 2.05) is 6.08 Å². The molecule has 0 radical (unpaired) electrons. The molecular formula is C19H28N4O. The number of hydrogen-bond acceptors (Lipinski definition) is 2. The van der Waals surface area contributed by atoms with Crippen LogP contribution < -0.4 is 16.1 Å². The summed E-state index contributed by atoms with van der Waals surface area (Å²) in [5, 5.41) is 7.48. The molecule has 3 rings (SSSR count). The lowest BCUT2D eigenvalue weighted by Gasteiger charge is -2.17. The maximum absolute atomic E-state index is 12.1. The average molecular weight is 328 g/mol. The molecule has 0 amide bonds. The summed E-state index contributed by atoms with van der Waals surface area (Å²) >= 11 is 0. The smallest absolute Gasteiger partial charge is 0.271 e. The van der Waals surface area contributed by atoms with E-state index in [-0.39, 0.29) is 5.56 Å². The number of nitrogens with zero attached hydrogens (tertiary/aromatic N) is 1. The molecule has 1 aliphatic carbocycles. The minimum Gasteiger partial charge on any atom is -0.359 e. The van der Waals surface area contributed by atoms with Gasteiger partial charge in [0.25, 0.3) is 5.56 Å². The van der Waals surface area contributed by atoms with Crippen molar-refractivity contribution >= 4 is 11.6 Å². The van der Waals surface area contributed by atoms with Gasteiger partial charge in [-0.05, 0) is 69.0 Å². The summed E-state index contributed by atoms with van der Waals surface area (Å²) in [7, 11) is 0. The topological polar surface area (TPSA) is 67.7 Å². The number of aromatic amines is 3. The van der Waals surface area contributed by atoms with Crippen LogP contribution in [-0.2, 0) is 6.42 Å². The molecule has 5 heteroatoms. The van der Waals surface area contributed by atoms with Gasteiger partial charge in [0.05, 0.1) is 10.6 Å². The zero-order chi connectivity index (χ0) is 17.3. The summed E-state index contributed by atoms with van der Waals surface area (Å²) < 4.78 is 0.